The van der Waals surface area contributed by atoms with Crippen molar-refractivity contribution >= 4 is 5.97 Å². The standard InChI is InChI=1S/C20H17F2NO2/c1-2-3-4-5-6-15-11-17(21)19(18(22)12-15)20(24)25-16-9-7-14(13-23)8-10-16/h3-4,7-12H,2,5-6H2,1H3/b4-3+. The lowest BCUT2D eigenvalue weighted by molar-refractivity contribution is 0.0724. The van der Waals surface area contributed by atoms with Gasteiger partial charge in [-0.1, -0.05) is 19.1 Å². The molecule has 0 unspecified atom stereocenters. The van der Waals surface area contributed by atoms with Crippen LogP contribution in [0.4, 0.5) is 8.78 Å². The van der Waals surface area contributed by atoms with Gasteiger partial charge >= 0.3 is 5.97 Å². The second kappa shape index (κ2) is 8.74. The summed E-state index contributed by atoms with van der Waals surface area (Å²) in [6, 6.07) is 9.90. The van der Waals surface area contributed by atoms with Gasteiger partial charge in [0, 0.05) is 0 Å². The zero-order chi connectivity index (χ0) is 18.2. The monoisotopic (exact) mass is 341 g/mol. The zero-order valence-electron chi connectivity index (χ0n) is 13.8. The molecule has 0 N–H and O–H groups in total. The summed E-state index contributed by atoms with van der Waals surface area (Å²) in [5, 5.41) is 8.72. The molecule has 0 aliphatic heterocycles. The van der Waals surface area contributed by atoms with Crippen LogP contribution in [0.15, 0.2) is 48.6 Å². The normalized spacial score (nSPS) is 10.6. The van der Waals surface area contributed by atoms with Crippen LogP contribution in [0.3, 0.4) is 0 Å². The van der Waals surface area contributed by atoms with Crippen LogP contribution in [0.25, 0.3) is 0 Å². The molecule has 0 fully saturated rings. The maximum atomic E-state index is 14.2. The minimum atomic E-state index is -1.11. The number of carbonyl (C=O) groups is 1. The van der Waals surface area contributed by atoms with Crippen LogP contribution in [0.5, 0.6) is 5.75 Å². The third kappa shape index (κ3) is 4.98. The summed E-state index contributed by atoms with van der Waals surface area (Å²) in [6.45, 7) is 2.00. The van der Waals surface area contributed by atoms with Gasteiger partial charge in [0.15, 0.2) is 0 Å². The Morgan fingerprint density at radius 3 is 2.36 bits per heavy atom. The Morgan fingerprint density at radius 2 is 1.80 bits per heavy atom. The van der Waals surface area contributed by atoms with E-state index in [1.54, 1.807) is 0 Å². The van der Waals surface area contributed by atoms with E-state index in [1.165, 1.54) is 24.3 Å². The quantitative estimate of drug-likeness (QED) is 0.424. The summed E-state index contributed by atoms with van der Waals surface area (Å²) in [6.07, 6.45) is 5.98. The third-order valence-electron chi connectivity index (χ3n) is 3.50. The highest BCUT2D eigenvalue weighted by atomic mass is 19.1. The van der Waals surface area contributed by atoms with Gasteiger partial charge in [-0.15, -0.1) is 0 Å². The molecule has 3 nitrogen and oxygen atoms in total. The molecule has 2 aromatic rings. The molecule has 0 amide bonds. The van der Waals surface area contributed by atoms with E-state index in [0.29, 0.717) is 24.0 Å². The minimum Gasteiger partial charge on any atom is -0.423 e. The number of hydrogen-bond donors (Lipinski definition) is 0. The molecular formula is C20H17F2NO2. The SMILES string of the molecule is CC/C=C/CCc1cc(F)c(C(=O)Oc2ccc(C#N)cc2)c(F)c1. The first-order valence-electron chi connectivity index (χ1n) is 7.90. The molecule has 0 saturated carbocycles. The summed E-state index contributed by atoms with van der Waals surface area (Å²) in [5.74, 6) is -2.91. The van der Waals surface area contributed by atoms with E-state index in [9.17, 15) is 13.6 Å². The first-order chi connectivity index (χ1) is 12.0. The van der Waals surface area contributed by atoms with Crippen LogP contribution in [-0.4, -0.2) is 5.97 Å². The summed E-state index contributed by atoms with van der Waals surface area (Å²) in [7, 11) is 0. The molecule has 0 aliphatic carbocycles. The summed E-state index contributed by atoms with van der Waals surface area (Å²) in [5.41, 5.74) is 0.140. The van der Waals surface area contributed by atoms with Crippen molar-refractivity contribution in [2.45, 2.75) is 26.2 Å². The van der Waals surface area contributed by atoms with Crippen molar-refractivity contribution in [1.82, 2.24) is 0 Å². The molecule has 0 saturated heterocycles. The van der Waals surface area contributed by atoms with Gasteiger partial charge in [0.2, 0.25) is 0 Å². The molecule has 0 spiro atoms. The van der Waals surface area contributed by atoms with Crippen molar-refractivity contribution in [1.29, 1.82) is 5.26 Å². The molecule has 25 heavy (non-hydrogen) atoms. The van der Waals surface area contributed by atoms with E-state index < -0.39 is 23.2 Å². The lowest BCUT2D eigenvalue weighted by atomic mass is 10.1. The van der Waals surface area contributed by atoms with Crippen molar-refractivity contribution in [3.8, 4) is 11.8 Å². The molecule has 0 heterocycles. The van der Waals surface area contributed by atoms with E-state index in [4.69, 9.17) is 10.00 Å². The van der Waals surface area contributed by atoms with Crippen LogP contribution >= 0.6 is 0 Å². The van der Waals surface area contributed by atoms with Gasteiger partial charge in [-0.3, -0.25) is 0 Å². The predicted molar refractivity (Wildman–Crippen MR) is 90.2 cm³/mol. The van der Waals surface area contributed by atoms with Crippen molar-refractivity contribution in [2.24, 2.45) is 0 Å². The van der Waals surface area contributed by atoms with Crippen LogP contribution in [0, 0.1) is 23.0 Å². The number of esters is 1. The molecule has 2 rings (SSSR count). The van der Waals surface area contributed by atoms with Gasteiger partial charge in [-0.25, -0.2) is 13.6 Å². The van der Waals surface area contributed by atoms with Crippen molar-refractivity contribution < 1.29 is 18.3 Å². The summed E-state index contributed by atoms with van der Waals surface area (Å²) in [4.78, 5) is 12.0. The average Bonchev–Trinajstić information content (AvgIpc) is 2.59. The lowest BCUT2D eigenvalue weighted by Gasteiger charge is -2.08. The molecule has 2 aromatic carbocycles. The van der Waals surface area contributed by atoms with Gasteiger partial charge in [0.1, 0.15) is 22.9 Å². The average molecular weight is 341 g/mol. The van der Waals surface area contributed by atoms with Crippen molar-refractivity contribution in [3.63, 3.8) is 0 Å². The second-order valence-electron chi connectivity index (χ2n) is 5.38. The number of nitriles is 1. The van der Waals surface area contributed by atoms with Crippen LogP contribution in [-0.2, 0) is 6.42 Å². The Kier molecular flexibility index (Phi) is 6.41. The van der Waals surface area contributed by atoms with Crippen LogP contribution in [0.1, 0.15) is 41.3 Å². The highest BCUT2D eigenvalue weighted by molar-refractivity contribution is 5.91. The fourth-order valence-electron chi connectivity index (χ4n) is 2.26. The molecule has 128 valence electrons. The smallest absolute Gasteiger partial charge is 0.349 e. The Balaban J connectivity index is 2.13. The number of nitrogens with zero attached hydrogens (tertiary/aromatic N) is 1. The predicted octanol–water partition coefficient (Wildman–Crippen LogP) is 4.95. The number of rotatable bonds is 6. The second-order valence-corrected chi connectivity index (χ2v) is 5.38. The maximum absolute atomic E-state index is 14.2. The summed E-state index contributed by atoms with van der Waals surface area (Å²) < 4.78 is 33.3. The number of carbonyl (C=O) groups excluding carboxylic acids is 1. The number of halogens is 2. The van der Waals surface area contributed by atoms with Gasteiger partial charge < -0.3 is 4.74 Å². The molecule has 0 atom stereocenters. The number of benzene rings is 2. The van der Waals surface area contributed by atoms with E-state index in [1.807, 2.05) is 25.1 Å². The van der Waals surface area contributed by atoms with Gasteiger partial charge in [0.25, 0.3) is 0 Å². The topological polar surface area (TPSA) is 50.1 Å². The fourth-order valence-corrected chi connectivity index (χ4v) is 2.26. The van der Waals surface area contributed by atoms with Crippen molar-refractivity contribution in [3.05, 3.63) is 76.9 Å². The molecule has 0 aliphatic rings. The largest absolute Gasteiger partial charge is 0.423 e. The molecular weight excluding hydrogens is 324 g/mol. The Bertz CT molecular complexity index is 798. The Hall–Kier alpha value is -3.00. The number of ether oxygens (including phenoxy) is 1. The first-order valence-corrected chi connectivity index (χ1v) is 7.90. The Morgan fingerprint density at radius 1 is 1.16 bits per heavy atom. The van der Waals surface area contributed by atoms with Crippen LogP contribution < -0.4 is 4.74 Å². The minimum absolute atomic E-state index is 0.108. The maximum Gasteiger partial charge on any atom is 0.349 e. The van der Waals surface area contributed by atoms with Crippen LogP contribution in [0.2, 0.25) is 0 Å². The highest BCUT2D eigenvalue weighted by Crippen LogP contribution is 2.20. The number of hydrogen-bond acceptors (Lipinski definition) is 3. The Labute approximate surface area is 145 Å². The third-order valence-corrected chi connectivity index (χ3v) is 3.50. The van der Waals surface area contributed by atoms with E-state index >= 15 is 0 Å². The number of aryl methyl sites for hydroxylation is 1. The van der Waals surface area contributed by atoms with E-state index in [-0.39, 0.29) is 5.75 Å². The molecule has 0 aromatic heterocycles. The van der Waals surface area contributed by atoms with E-state index in [2.05, 4.69) is 0 Å². The highest BCUT2D eigenvalue weighted by Gasteiger charge is 2.20. The van der Waals surface area contributed by atoms with Crippen molar-refractivity contribution in [2.75, 3.05) is 0 Å². The number of allylic oxidation sites excluding steroid dienone is 2. The lowest BCUT2D eigenvalue weighted by Crippen LogP contribution is -2.13. The summed E-state index contributed by atoms with van der Waals surface area (Å²) >= 11 is 0. The van der Waals surface area contributed by atoms with Gasteiger partial charge in [-0.05, 0) is 61.2 Å². The first kappa shape index (κ1) is 18.3. The zero-order valence-corrected chi connectivity index (χ0v) is 13.8. The fraction of sp³-hybridized carbons (Fsp3) is 0.200. The van der Waals surface area contributed by atoms with Gasteiger partial charge in [0.05, 0.1) is 11.6 Å². The van der Waals surface area contributed by atoms with Gasteiger partial charge in [-0.2, -0.15) is 5.26 Å². The molecule has 0 bridgehead atoms. The molecule has 5 heteroatoms. The molecule has 0 radical (unpaired) electrons. The van der Waals surface area contributed by atoms with E-state index in [0.717, 1.165) is 18.6 Å².